The van der Waals surface area contributed by atoms with Crippen molar-refractivity contribution in [1.82, 2.24) is 14.9 Å². The highest BCUT2D eigenvalue weighted by Gasteiger charge is 2.24. The molecule has 1 aromatic heterocycles. The Morgan fingerprint density at radius 3 is 2.87 bits per heavy atom. The zero-order valence-electron chi connectivity index (χ0n) is 12.8. The fraction of sp³-hybridized carbons (Fsp3) is 0.438. The van der Waals surface area contributed by atoms with Crippen molar-refractivity contribution in [2.75, 3.05) is 0 Å². The van der Waals surface area contributed by atoms with Crippen LogP contribution in [0.4, 0.5) is 0 Å². The minimum absolute atomic E-state index is 0.196. The maximum Gasteiger partial charge on any atom is 0.261 e. The number of aromatic amines is 1. The maximum absolute atomic E-state index is 12.4. The molecule has 0 unspecified atom stereocenters. The highest BCUT2D eigenvalue weighted by Crippen LogP contribution is 2.19. The first-order chi connectivity index (χ1) is 11.0. The molecule has 1 fully saturated rings. The monoisotopic (exact) mass is 333 g/mol. The van der Waals surface area contributed by atoms with Crippen molar-refractivity contribution in [1.29, 1.82) is 0 Å². The van der Waals surface area contributed by atoms with Crippen LogP contribution in [0.25, 0.3) is 10.9 Å². The van der Waals surface area contributed by atoms with Crippen molar-refractivity contribution in [3.05, 3.63) is 38.9 Å². The number of amides is 1. The molecule has 0 saturated heterocycles. The summed E-state index contributed by atoms with van der Waals surface area (Å²) in [4.78, 5) is 27.5. The lowest BCUT2D eigenvalue weighted by molar-refractivity contribution is 0.0717. The van der Waals surface area contributed by atoms with E-state index in [1.807, 2.05) is 0 Å². The third-order valence-electron chi connectivity index (χ3n) is 4.41. The molecule has 0 bridgehead atoms. The number of fused-ring (bicyclic) bond motifs is 1. The minimum atomic E-state index is -0.494. The Morgan fingerprint density at radius 1 is 1.39 bits per heavy atom. The molecule has 23 heavy (non-hydrogen) atoms. The molecule has 1 aliphatic rings. The van der Waals surface area contributed by atoms with E-state index in [4.69, 9.17) is 12.2 Å². The number of aliphatic hydroxyl groups is 1. The van der Waals surface area contributed by atoms with E-state index in [2.05, 4.69) is 10.3 Å². The number of aliphatic hydroxyl groups excluding tert-OH is 1. The summed E-state index contributed by atoms with van der Waals surface area (Å²) < 4.78 is 1.67. The van der Waals surface area contributed by atoms with E-state index in [1.165, 1.54) is 4.57 Å². The van der Waals surface area contributed by atoms with Gasteiger partial charge in [-0.3, -0.25) is 14.2 Å². The second-order valence-electron chi connectivity index (χ2n) is 5.99. The number of nitrogens with zero attached hydrogens (tertiary/aromatic N) is 1. The lowest BCUT2D eigenvalue weighted by Gasteiger charge is -2.28. The van der Waals surface area contributed by atoms with Crippen LogP contribution in [0.1, 0.15) is 36.0 Å². The largest absolute Gasteiger partial charge is 0.391 e. The van der Waals surface area contributed by atoms with Gasteiger partial charge in [-0.2, -0.15) is 0 Å². The molecule has 3 N–H and O–H groups in total. The topological polar surface area (TPSA) is 87.1 Å². The Kier molecular flexibility index (Phi) is 4.32. The number of H-pyrrole nitrogens is 1. The average Bonchev–Trinajstić information content (AvgIpc) is 2.54. The van der Waals surface area contributed by atoms with Crippen LogP contribution in [0.15, 0.2) is 23.0 Å². The second kappa shape index (κ2) is 6.25. The van der Waals surface area contributed by atoms with Gasteiger partial charge in [-0.25, -0.2) is 0 Å². The third kappa shape index (κ3) is 3.07. The van der Waals surface area contributed by atoms with E-state index in [0.29, 0.717) is 27.7 Å². The van der Waals surface area contributed by atoms with Crippen LogP contribution < -0.4 is 10.9 Å². The number of hydrogen-bond donors (Lipinski definition) is 3. The number of hydrogen-bond acceptors (Lipinski definition) is 4. The van der Waals surface area contributed by atoms with E-state index in [0.717, 1.165) is 19.3 Å². The summed E-state index contributed by atoms with van der Waals surface area (Å²) in [5, 5.41) is 13.3. The van der Waals surface area contributed by atoms with Crippen LogP contribution in [-0.2, 0) is 7.05 Å². The molecule has 1 amide bonds. The first kappa shape index (κ1) is 15.9. The van der Waals surface area contributed by atoms with Gasteiger partial charge < -0.3 is 15.4 Å². The molecule has 2 aromatic rings. The van der Waals surface area contributed by atoms with E-state index >= 15 is 0 Å². The number of carbonyl (C=O) groups is 1. The fourth-order valence-electron chi connectivity index (χ4n) is 2.98. The molecule has 2 atom stereocenters. The van der Waals surface area contributed by atoms with E-state index in [-0.39, 0.29) is 17.5 Å². The molecule has 0 radical (unpaired) electrons. The fourth-order valence-corrected chi connectivity index (χ4v) is 3.17. The molecule has 3 rings (SSSR count). The van der Waals surface area contributed by atoms with Gasteiger partial charge in [0.2, 0.25) is 0 Å². The minimum Gasteiger partial charge on any atom is -0.391 e. The van der Waals surface area contributed by atoms with Gasteiger partial charge in [-0.05, 0) is 43.3 Å². The van der Waals surface area contributed by atoms with Crippen LogP contribution in [0.3, 0.4) is 0 Å². The molecule has 1 aliphatic carbocycles. The summed E-state index contributed by atoms with van der Waals surface area (Å²) in [6, 6.07) is 4.64. The first-order valence-electron chi connectivity index (χ1n) is 7.69. The Balaban J connectivity index is 1.91. The van der Waals surface area contributed by atoms with Gasteiger partial charge in [0.15, 0.2) is 4.77 Å². The Morgan fingerprint density at radius 2 is 2.13 bits per heavy atom. The molecule has 1 heterocycles. The molecule has 7 heteroatoms. The van der Waals surface area contributed by atoms with Gasteiger partial charge in [0.1, 0.15) is 0 Å². The lowest BCUT2D eigenvalue weighted by atomic mass is 9.92. The number of benzene rings is 1. The zero-order chi connectivity index (χ0) is 16.6. The van der Waals surface area contributed by atoms with E-state index in [9.17, 15) is 14.7 Å². The van der Waals surface area contributed by atoms with Crippen molar-refractivity contribution >= 4 is 29.0 Å². The molecule has 0 aliphatic heterocycles. The maximum atomic E-state index is 12.4. The number of nitrogens with one attached hydrogen (secondary N) is 2. The van der Waals surface area contributed by atoms with E-state index in [1.54, 1.807) is 25.2 Å². The average molecular weight is 333 g/mol. The van der Waals surface area contributed by atoms with Gasteiger partial charge >= 0.3 is 0 Å². The van der Waals surface area contributed by atoms with Crippen molar-refractivity contribution in [2.24, 2.45) is 7.05 Å². The summed E-state index contributed by atoms with van der Waals surface area (Å²) in [7, 11) is 1.60. The van der Waals surface area contributed by atoms with Crippen LogP contribution in [0.5, 0.6) is 0 Å². The molecule has 1 saturated carbocycles. The van der Waals surface area contributed by atoms with Crippen molar-refractivity contribution in [2.45, 2.75) is 37.8 Å². The quantitative estimate of drug-likeness (QED) is 0.729. The van der Waals surface area contributed by atoms with Gasteiger partial charge in [-0.1, -0.05) is 12.8 Å². The van der Waals surface area contributed by atoms with Gasteiger partial charge in [0.05, 0.1) is 23.0 Å². The van der Waals surface area contributed by atoms with Crippen LogP contribution in [0, 0.1) is 4.77 Å². The highest BCUT2D eigenvalue weighted by molar-refractivity contribution is 7.71. The van der Waals surface area contributed by atoms with Crippen LogP contribution in [0.2, 0.25) is 0 Å². The third-order valence-corrected chi connectivity index (χ3v) is 4.78. The SMILES string of the molecule is Cn1c(=S)[nH]c2cc(C(=O)N[C@H]3CCCC[C@H]3O)ccc2c1=O. The standard InChI is InChI=1S/C16H19N3O3S/c1-19-15(22)10-7-6-9(8-12(10)18-16(19)23)14(21)17-11-4-2-3-5-13(11)20/h6-8,11,13,20H,2-5H2,1H3,(H,17,21)(H,18,23)/t11-,13+/m0/s1. The Labute approximate surface area is 138 Å². The van der Waals surface area contributed by atoms with Crippen molar-refractivity contribution in [3.63, 3.8) is 0 Å². The molecular weight excluding hydrogens is 314 g/mol. The number of rotatable bonds is 2. The van der Waals surface area contributed by atoms with Crippen molar-refractivity contribution < 1.29 is 9.90 Å². The Hall–Kier alpha value is -1.99. The number of aromatic nitrogens is 2. The number of carbonyl (C=O) groups excluding carboxylic acids is 1. The normalized spacial score (nSPS) is 21.3. The summed E-state index contributed by atoms with van der Waals surface area (Å²) in [5.41, 5.74) is 0.780. The van der Waals surface area contributed by atoms with Gasteiger partial charge in [-0.15, -0.1) is 0 Å². The predicted molar refractivity (Wildman–Crippen MR) is 90.1 cm³/mol. The smallest absolute Gasteiger partial charge is 0.261 e. The summed E-state index contributed by atoms with van der Waals surface area (Å²) in [5.74, 6) is -0.252. The molecule has 1 aromatic carbocycles. The molecular formula is C16H19N3O3S. The predicted octanol–water partition coefficient (Wildman–Crippen LogP) is 1.63. The highest BCUT2D eigenvalue weighted by atomic mass is 32.1. The first-order valence-corrected chi connectivity index (χ1v) is 8.10. The van der Waals surface area contributed by atoms with Gasteiger partial charge in [0, 0.05) is 12.6 Å². The Bertz CT molecular complexity index is 871. The molecule has 0 spiro atoms. The van der Waals surface area contributed by atoms with E-state index < -0.39 is 6.10 Å². The zero-order valence-corrected chi connectivity index (χ0v) is 13.7. The molecule has 122 valence electrons. The van der Waals surface area contributed by atoms with Crippen LogP contribution in [-0.4, -0.2) is 32.7 Å². The van der Waals surface area contributed by atoms with Crippen LogP contribution >= 0.6 is 12.2 Å². The summed E-state index contributed by atoms with van der Waals surface area (Å²) in [6.45, 7) is 0. The van der Waals surface area contributed by atoms with Gasteiger partial charge in [0.25, 0.3) is 11.5 Å². The molecule has 6 nitrogen and oxygen atoms in total. The second-order valence-corrected chi connectivity index (χ2v) is 6.37. The summed E-state index contributed by atoms with van der Waals surface area (Å²) in [6.07, 6.45) is 2.99. The van der Waals surface area contributed by atoms with Crippen molar-refractivity contribution in [3.8, 4) is 0 Å². The lowest BCUT2D eigenvalue weighted by Crippen LogP contribution is -2.45. The summed E-state index contributed by atoms with van der Waals surface area (Å²) >= 11 is 5.10.